The van der Waals surface area contributed by atoms with Crippen LogP contribution in [0.25, 0.3) is 11.0 Å². The maximum atomic E-state index is 5.72. The maximum absolute atomic E-state index is 5.72. The van der Waals surface area contributed by atoms with Crippen LogP contribution in [-0.2, 0) is 10.3 Å². The molecular formula is C15H18N2O2. The van der Waals surface area contributed by atoms with Crippen LogP contribution in [0.1, 0.15) is 5.56 Å². The van der Waals surface area contributed by atoms with Gasteiger partial charge in [-0.1, -0.05) is 18.2 Å². The van der Waals surface area contributed by atoms with Crippen molar-refractivity contribution in [3.8, 4) is 0 Å². The summed E-state index contributed by atoms with van der Waals surface area (Å²) < 4.78 is 11.3. The monoisotopic (exact) mass is 258 g/mol. The first-order valence-electron chi connectivity index (χ1n) is 6.90. The Kier molecular flexibility index (Phi) is 2.62. The second-order valence-electron chi connectivity index (χ2n) is 5.41. The van der Waals surface area contributed by atoms with Crippen LogP contribution in [0.5, 0.6) is 0 Å². The average Bonchev–Trinajstić information content (AvgIpc) is 2.84. The molecule has 19 heavy (non-hydrogen) atoms. The van der Waals surface area contributed by atoms with E-state index in [-0.39, 0.29) is 5.54 Å². The van der Waals surface area contributed by atoms with Crippen molar-refractivity contribution in [3.63, 3.8) is 0 Å². The molecule has 4 rings (SSSR count). The van der Waals surface area contributed by atoms with E-state index in [2.05, 4.69) is 22.3 Å². The molecule has 4 nitrogen and oxygen atoms in total. The van der Waals surface area contributed by atoms with Gasteiger partial charge in [-0.05, 0) is 6.07 Å². The summed E-state index contributed by atoms with van der Waals surface area (Å²) in [6.45, 7) is 5.80. The van der Waals surface area contributed by atoms with Gasteiger partial charge in [0.15, 0.2) is 0 Å². The minimum atomic E-state index is 0.0225. The summed E-state index contributed by atoms with van der Waals surface area (Å²) in [7, 11) is 0. The summed E-state index contributed by atoms with van der Waals surface area (Å²) in [6.07, 6.45) is 1.93. The van der Waals surface area contributed by atoms with Crippen LogP contribution >= 0.6 is 0 Å². The first-order valence-corrected chi connectivity index (χ1v) is 6.90. The first kappa shape index (κ1) is 11.5. The zero-order chi connectivity index (χ0) is 12.7. The zero-order valence-corrected chi connectivity index (χ0v) is 10.9. The molecule has 0 amide bonds. The van der Waals surface area contributed by atoms with Crippen molar-refractivity contribution in [2.45, 2.75) is 5.54 Å². The molecule has 1 N–H and O–H groups in total. The number of para-hydroxylation sites is 1. The number of nitrogens with one attached hydrogen (secondary N) is 1. The first-order chi connectivity index (χ1) is 9.40. The largest absolute Gasteiger partial charge is 0.464 e. The van der Waals surface area contributed by atoms with Crippen molar-refractivity contribution in [2.75, 3.05) is 39.4 Å². The number of hydrogen-bond donors (Lipinski definition) is 1. The van der Waals surface area contributed by atoms with Gasteiger partial charge >= 0.3 is 0 Å². The summed E-state index contributed by atoms with van der Waals surface area (Å²) in [4.78, 5) is 2.55. The van der Waals surface area contributed by atoms with Crippen LogP contribution in [0.3, 0.4) is 0 Å². The van der Waals surface area contributed by atoms with Gasteiger partial charge in [-0.3, -0.25) is 4.90 Å². The Balaban J connectivity index is 1.79. The SMILES string of the molecule is c1ccc2c(C3(N4CCNCC4)COC3)coc2c1. The summed E-state index contributed by atoms with van der Waals surface area (Å²) in [6, 6.07) is 8.27. The van der Waals surface area contributed by atoms with E-state index in [1.54, 1.807) is 0 Å². The van der Waals surface area contributed by atoms with Crippen molar-refractivity contribution in [3.05, 3.63) is 36.1 Å². The van der Waals surface area contributed by atoms with Crippen LogP contribution in [-0.4, -0.2) is 44.3 Å². The average molecular weight is 258 g/mol. The van der Waals surface area contributed by atoms with Crippen LogP contribution in [0.15, 0.2) is 34.9 Å². The number of benzene rings is 1. The third-order valence-electron chi connectivity index (χ3n) is 4.39. The Hall–Kier alpha value is -1.36. The quantitative estimate of drug-likeness (QED) is 0.887. The Morgan fingerprint density at radius 3 is 2.63 bits per heavy atom. The van der Waals surface area contributed by atoms with Gasteiger partial charge in [-0.2, -0.15) is 0 Å². The number of rotatable bonds is 2. The lowest BCUT2D eigenvalue weighted by molar-refractivity contribution is -0.149. The smallest absolute Gasteiger partial charge is 0.134 e. The highest BCUT2D eigenvalue weighted by molar-refractivity contribution is 5.82. The van der Waals surface area contributed by atoms with E-state index in [9.17, 15) is 0 Å². The van der Waals surface area contributed by atoms with E-state index in [0.29, 0.717) is 0 Å². The number of hydrogen-bond acceptors (Lipinski definition) is 4. The normalized spacial score (nSPS) is 23.4. The predicted molar refractivity (Wildman–Crippen MR) is 73.2 cm³/mol. The van der Waals surface area contributed by atoms with E-state index in [1.807, 2.05) is 18.4 Å². The molecule has 0 saturated carbocycles. The van der Waals surface area contributed by atoms with Gasteiger partial charge in [-0.15, -0.1) is 0 Å². The molecule has 2 saturated heterocycles. The molecule has 1 aromatic carbocycles. The molecule has 0 aliphatic carbocycles. The highest BCUT2D eigenvalue weighted by Gasteiger charge is 2.47. The topological polar surface area (TPSA) is 37.6 Å². The van der Waals surface area contributed by atoms with E-state index in [0.717, 1.165) is 45.0 Å². The predicted octanol–water partition coefficient (Wildman–Crippen LogP) is 1.56. The van der Waals surface area contributed by atoms with Crippen LogP contribution in [0.2, 0.25) is 0 Å². The third-order valence-corrected chi connectivity index (χ3v) is 4.39. The van der Waals surface area contributed by atoms with Gasteiger partial charge in [0.05, 0.1) is 25.0 Å². The fourth-order valence-corrected chi connectivity index (χ4v) is 3.23. The molecule has 1 aromatic heterocycles. The van der Waals surface area contributed by atoms with Gasteiger partial charge in [0.1, 0.15) is 5.58 Å². The molecule has 0 spiro atoms. The van der Waals surface area contributed by atoms with Gasteiger partial charge < -0.3 is 14.5 Å². The lowest BCUT2D eigenvalue weighted by atomic mass is 9.85. The lowest BCUT2D eigenvalue weighted by Gasteiger charge is -2.50. The van der Waals surface area contributed by atoms with Crippen LogP contribution < -0.4 is 5.32 Å². The van der Waals surface area contributed by atoms with Crippen molar-refractivity contribution in [1.82, 2.24) is 10.2 Å². The minimum Gasteiger partial charge on any atom is -0.464 e. The highest BCUT2D eigenvalue weighted by atomic mass is 16.5. The van der Waals surface area contributed by atoms with Crippen molar-refractivity contribution >= 4 is 11.0 Å². The molecule has 3 heterocycles. The zero-order valence-electron chi connectivity index (χ0n) is 10.9. The van der Waals surface area contributed by atoms with Crippen molar-refractivity contribution < 1.29 is 9.15 Å². The molecule has 2 aliphatic heterocycles. The summed E-state index contributed by atoms with van der Waals surface area (Å²) in [5.41, 5.74) is 2.28. The number of furan rings is 1. The van der Waals surface area contributed by atoms with E-state index in [4.69, 9.17) is 9.15 Å². The molecule has 0 bridgehead atoms. The Labute approximate surface area is 112 Å². The minimum absolute atomic E-state index is 0.0225. The summed E-state index contributed by atoms with van der Waals surface area (Å²) >= 11 is 0. The molecule has 2 aliphatic rings. The molecule has 2 fully saturated rings. The fourth-order valence-electron chi connectivity index (χ4n) is 3.23. The van der Waals surface area contributed by atoms with Crippen LogP contribution in [0.4, 0.5) is 0 Å². The third kappa shape index (κ3) is 1.64. The van der Waals surface area contributed by atoms with Crippen LogP contribution in [0, 0.1) is 0 Å². The van der Waals surface area contributed by atoms with Gasteiger partial charge in [0.25, 0.3) is 0 Å². The number of fused-ring (bicyclic) bond motifs is 1. The van der Waals surface area contributed by atoms with Gasteiger partial charge in [-0.25, -0.2) is 0 Å². The standard InChI is InChI=1S/C15H18N2O2/c1-2-4-14-12(3-1)13(9-19-14)15(10-18-11-15)17-7-5-16-6-8-17/h1-4,9,16H,5-8,10-11H2. The Bertz CT molecular complexity index is 583. The van der Waals surface area contributed by atoms with Crippen molar-refractivity contribution in [1.29, 1.82) is 0 Å². The second-order valence-corrected chi connectivity index (χ2v) is 5.41. The number of piperazine rings is 1. The van der Waals surface area contributed by atoms with E-state index in [1.165, 1.54) is 10.9 Å². The van der Waals surface area contributed by atoms with E-state index < -0.39 is 0 Å². The molecule has 100 valence electrons. The molecule has 2 aromatic rings. The summed E-state index contributed by atoms with van der Waals surface area (Å²) in [5, 5.41) is 4.64. The number of nitrogens with zero attached hydrogens (tertiary/aromatic N) is 1. The number of ether oxygens (including phenoxy) is 1. The van der Waals surface area contributed by atoms with E-state index >= 15 is 0 Å². The highest BCUT2D eigenvalue weighted by Crippen LogP contribution is 2.40. The lowest BCUT2D eigenvalue weighted by Crippen LogP contribution is -2.63. The molecular weight excluding hydrogens is 240 g/mol. The summed E-state index contributed by atoms with van der Waals surface area (Å²) in [5.74, 6) is 0. The fraction of sp³-hybridized carbons (Fsp3) is 0.467. The molecule has 4 heteroatoms. The Morgan fingerprint density at radius 2 is 1.89 bits per heavy atom. The van der Waals surface area contributed by atoms with Gasteiger partial charge in [0, 0.05) is 37.1 Å². The Morgan fingerprint density at radius 1 is 1.11 bits per heavy atom. The van der Waals surface area contributed by atoms with Gasteiger partial charge in [0.2, 0.25) is 0 Å². The maximum Gasteiger partial charge on any atom is 0.134 e. The molecule has 0 atom stereocenters. The molecule has 0 unspecified atom stereocenters. The van der Waals surface area contributed by atoms with Crippen molar-refractivity contribution in [2.24, 2.45) is 0 Å². The molecule has 0 radical (unpaired) electrons. The second kappa shape index (κ2) is 4.34.